The Morgan fingerprint density at radius 2 is 1.75 bits per heavy atom. The van der Waals surface area contributed by atoms with Crippen LogP contribution in [-0.4, -0.2) is 6.29 Å². The first-order chi connectivity index (χ1) is 9.51. The van der Waals surface area contributed by atoms with Crippen molar-refractivity contribution in [3.63, 3.8) is 0 Å². The number of hydrogen-bond donors (Lipinski definition) is 0. The third kappa shape index (κ3) is 3.43. The Hall–Kier alpha value is -1.27. The minimum absolute atomic E-state index is 0.114. The number of halogens is 4. The van der Waals surface area contributed by atoms with Crippen molar-refractivity contribution in [3.8, 4) is 5.75 Å². The van der Waals surface area contributed by atoms with Gasteiger partial charge in [-0.05, 0) is 62.2 Å². The van der Waals surface area contributed by atoms with E-state index in [0.717, 1.165) is 18.2 Å². The second-order valence-electron chi connectivity index (χ2n) is 3.96. The van der Waals surface area contributed by atoms with E-state index in [1.165, 1.54) is 0 Å². The second-order valence-corrected chi connectivity index (χ2v) is 5.66. The van der Waals surface area contributed by atoms with Crippen LogP contribution < -0.4 is 4.74 Å². The minimum Gasteiger partial charge on any atom is -0.486 e. The number of carbonyl (C=O) groups is 1. The summed E-state index contributed by atoms with van der Waals surface area (Å²) in [6.45, 7) is -0.124. The Morgan fingerprint density at radius 3 is 2.35 bits per heavy atom. The van der Waals surface area contributed by atoms with Crippen LogP contribution in [0.1, 0.15) is 15.9 Å². The average molecular weight is 406 g/mol. The molecular weight excluding hydrogens is 398 g/mol. The van der Waals surface area contributed by atoms with Crippen LogP contribution in [0, 0.1) is 11.6 Å². The summed E-state index contributed by atoms with van der Waals surface area (Å²) >= 11 is 6.53. The molecule has 2 nitrogen and oxygen atoms in total. The number of hydrogen-bond acceptors (Lipinski definition) is 2. The maximum Gasteiger partial charge on any atom is 0.150 e. The molecule has 104 valence electrons. The molecule has 0 amide bonds. The summed E-state index contributed by atoms with van der Waals surface area (Å²) in [4.78, 5) is 10.7. The van der Waals surface area contributed by atoms with Gasteiger partial charge >= 0.3 is 0 Å². The summed E-state index contributed by atoms with van der Waals surface area (Å²) in [7, 11) is 0. The minimum atomic E-state index is -0.539. The highest BCUT2D eigenvalue weighted by atomic mass is 79.9. The van der Waals surface area contributed by atoms with Gasteiger partial charge < -0.3 is 4.74 Å². The molecular formula is C14H8Br2F2O2. The number of aldehydes is 1. The van der Waals surface area contributed by atoms with E-state index in [-0.39, 0.29) is 12.2 Å². The summed E-state index contributed by atoms with van der Waals surface area (Å²) in [5.41, 5.74) is 0.580. The quantitative estimate of drug-likeness (QED) is 0.677. The number of benzene rings is 2. The molecule has 0 unspecified atom stereocenters. The monoisotopic (exact) mass is 404 g/mol. The third-order valence-corrected chi connectivity index (χ3v) is 3.71. The molecule has 2 aromatic carbocycles. The van der Waals surface area contributed by atoms with Gasteiger partial charge in [0.2, 0.25) is 0 Å². The molecule has 0 radical (unpaired) electrons. The van der Waals surface area contributed by atoms with Crippen LogP contribution in [0.25, 0.3) is 0 Å². The van der Waals surface area contributed by atoms with Crippen molar-refractivity contribution < 1.29 is 18.3 Å². The molecule has 2 aromatic rings. The maximum atomic E-state index is 13.5. The fourth-order valence-corrected chi connectivity index (χ4v) is 3.04. The normalized spacial score (nSPS) is 10.4. The summed E-state index contributed by atoms with van der Waals surface area (Å²) in [5, 5.41) is 0. The van der Waals surface area contributed by atoms with E-state index in [1.807, 2.05) is 0 Å². The SMILES string of the molecule is O=Cc1cc(Br)c(OCc2cc(F)ccc2F)c(Br)c1. The van der Waals surface area contributed by atoms with Crippen molar-refractivity contribution in [2.24, 2.45) is 0 Å². The number of rotatable bonds is 4. The van der Waals surface area contributed by atoms with E-state index in [9.17, 15) is 13.6 Å². The maximum absolute atomic E-state index is 13.5. The molecule has 0 N–H and O–H groups in total. The standard InChI is InChI=1S/C14H8Br2F2O2/c15-11-3-8(6-19)4-12(16)14(11)20-7-9-5-10(17)1-2-13(9)18/h1-6H,7H2. The molecule has 0 saturated carbocycles. The van der Waals surface area contributed by atoms with Gasteiger partial charge in [0.1, 0.15) is 30.3 Å². The van der Waals surface area contributed by atoms with Crippen LogP contribution in [0.5, 0.6) is 5.75 Å². The van der Waals surface area contributed by atoms with Crippen LogP contribution >= 0.6 is 31.9 Å². The van der Waals surface area contributed by atoms with Crippen molar-refractivity contribution in [2.75, 3.05) is 0 Å². The third-order valence-electron chi connectivity index (χ3n) is 2.54. The van der Waals surface area contributed by atoms with Crippen LogP contribution in [0.2, 0.25) is 0 Å². The zero-order valence-electron chi connectivity index (χ0n) is 10.00. The van der Waals surface area contributed by atoms with Crippen LogP contribution in [0.4, 0.5) is 8.78 Å². The second kappa shape index (κ2) is 6.45. The van der Waals surface area contributed by atoms with Gasteiger partial charge in [0.25, 0.3) is 0 Å². The Labute approximate surface area is 131 Å². The lowest BCUT2D eigenvalue weighted by Crippen LogP contribution is -2.01. The van der Waals surface area contributed by atoms with E-state index in [2.05, 4.69) is 31.9 Å². The van der Waals surface area contributed by atoms with E-state index >= 15 is 0 Å². The van der Waals surface area contributed by atoms with Crippen molar-refractivity contribution in [1.82, 2.24) is 0 Å². The largest absolute Gasteiger partial charge is 0.486 e. The molecule has 0 atom stereocenters. The lowest BCUT2D eigenvalue weighted by atomic mass is 10.2. The molecule has 0 aliphatic carbocycles. The fraction of sp³-hybridized carbons (Fsp3) is 0.0714. The first-order valence-corrected chi connectivity index (χ1v) is 7.11. The van der Waals surface area contributed by atoms with Crippen LogP contribution in [0.3, 0.4) is 0 Å². The molecule has 0 bridgehead atoms. The highest BCUT2D eigenvalue weighted by molar-refractivity contribution is 9.11. The molecule has 0 aliphatic heterocycles. The zero-order chi connectivity index (χ0) is 14.7. The molecule has 0 aliphatic rings. The lowest BCUT2D eigenvalue weighted by Gasteiger charge is -2.11. The molecule has 2 rings (SSSR count). The van der Waals surface area contributed by atoms with Gasteiger partial charge in [-0.1, -0.05) is 0 Å². The predicted octanol–water partition coefficient (Wildman–Crippen LogP) is 4.88. The molecule has 0 aromatic heterocycles. The molecule has 0 fully saturated rings. The highest BCUT2D eigenvalue weighted by Gasteiger charge is 2.11. The van der Waals surface area contributed by atoms with E-state index < -0.39 is 11.6 Å². The first kappa shape index (κ1) is 15.1. The Kier molecular flexibility index (Phi) is 4.88. The van der Waals surface area contributed by atoms with Gasteiger partial charge in [0.15, 0.2) is 0 Å². The van der Waals surface area contributed by atoms with Gasteiger partial charge in [-0.25, -0.2) is 8.78 Å². The average Bonchev–Trinajstić information content (AvgIpc) is 2.41. The predicted molar refractivity (Wildman–Crippen MR) is 77.9 cm³/mol. The summed E-state index contributed by atoms with van der Waals surface area (Å²) in [6, 6.07) is 6.33. The number of ether oxygens (including phenoxy) is 1. The van der Waals surface area contributed by atoms with Gasteiger partial charge in [0, 0.05) is 11.1 Å². The van der Waals surface area contributed by atoms with Gasteiger partial charge in [-0.2, -0.15) is 0 Å². The zero-order valence-corrected chi connectivity index (χ0v) is 13.2. The van der Waals surface area contributed by atoms with Crippen molar-refractivity contribution in [2.45, 2.75) is 6.61 Å². The van der Waals surface area contributed by atoms with E-state index in [1.54, 1.807) is 12.1 Å². The van der Waals surface area contributed by atoms with Crippen LogP contribution in [0.15, 0.2) is 39.3 Å². The summed E-state index contributed by atoms with van der Waals surface area (Å²) in [5.74, 6) is -0.651. The van der Waals surface area contributed by atoms with Crippen molar-refractivity contribution in [3.05, 3.63) is 62.0 Å². The lowest BCUT2D eigenvalue weighted by molar-refractivity contribution is 0.112. The molecule has 6 heteroatoms. The molecule has 20 heavy (non-hydrogen) atoms. The van der Waals surface area contributed by atoms with E-state index in [4.69, 9.17) is 4.74 Å². The van der Waals surface area contributed by atoms with E-state index in [0.29, 0.717) is 26.5 Å². The van der Waals surface area contributed by atoms with Crippen LogP contribution in [-0.2, 0) is 6.61 Å². The topological polar surface area (TPSA) is 26.3 Å². The molecule has 0 spiro atoms. The summed E-state index contributed by atoms with van der Waals surface area (Å²) < 4.78 is 33.1. The van der Waals surface area contributed by atoms with Gasteiger partial charge in [0.05, 0.1) is 8.95 Å². The molecule has 0 heterocycles. The highest BCUT2D eigenvalue weighted by Crippen LogP contribution is 2.35. The Balaban J connectivity index is 2.23. The fourth-order valence-electron chi connectivity index (χ4n) is 1.59. The summed E-state index contributed by atoms with van der Waals surface area (Å²) in [6.07, 6.45) is 0.700. The Bertz CT molecular complexity index is 637. The van der Waals surface area contributed by atoms with Crippen molar-refractivity contribution >= 4 is 38.1 Å². The van der Waals surface area contributed by atoms with Crippen molar-refractivity contribution in [1.29, 1.82) is 0 Å². The smallest absolute Gasteiger partial charge is 0.150 e. The van der Waals surface area contributed by atoms with Gasteiger partial charge in [-0.15, -0.1) is 0 Å². The first-order valence-electron chi connectivity index (χ1n) is 5.52. The van der Waals surface area contributed by atoms with Gasteiger partial charge in [-0.3, -0.25) is 4.79 Å². The molecule has 0 saturated heterocycles. The number of carbonyl (C=O) groups excluding carboxylic acids is 1. The Morgan fingerprint density at radius 1 is 1.10 bits per heavy atom.